The highest BCUT2D eigenvalue weighted by molar-refractivity contribution is 6.02. The van der Waals surface area contributed by atoms with E-state index in [1.54, 1.807) is 25.2 Å². The van der Waals surface area contributed by atoms with Gasteiger partial charge in [0, 0.05) is 18.3 Å². The zero-order valence-electron chi connectivity index (χ0n) is 12.2. The molecule has 2 rings (SSSR count). The van der Waals surface area contributed by atoms with E-state index in [1.807, 2.05) is 13.8 Å². The Morgan fingerprint density at radius 3 is 2.52 bits per heavy atom. The highest BCUT2D eigenvalue weighted by Gasteiger charge is 2.20. The fourth-order valence-electron chi connectivity index (χ4n) is 2.19. The zero-order chi connectivity index (χ0) is 15.6. The number of aromatic amines is 1. The summed E-state index contributed by atoms with van der Waals surface area (Å²) in [5.41, 5.74) is 2.96. The predicted octanol–water partition coefficient (Wildman–Crippen LogP) is 1.93. The summed E-state index contributed by atoms with van der Waals surface area (Å²) in [5, 5.41) is 16.1. The Bertz CT molecular complexity index is 672. The SMILES string of the molecule is Cc1n[nH]c(C)c1CC(=O)N(C)c1ccccc1C(=O)O. The number of para-hydroxylation sites is 1. The maximum Gasteiger partial charge on any atom is 0.337 e. The van der Waals surface area contributed by atoms with Crippen LogP contribution in [0.15, 0.2) is 24.3 Å². The third-order valence-corrected chi connectivity index (χ3v) is 3.48. The van der Waals surface area contributed by atoms with Gasteiger partial charge in [0.2, 0.25) is 5.91 Å². The Morgan fingerprint density at radius 2 is 1.95 bits per heavy atom. The summed E-state index contributed by atoms with van der Waals surface area (Å²) in [7, 11) is 1.58. The Labute approximate surface area is 122 Å². The second-order valence-electron chi connectivity index (χ2n) is 4.86. The molecule has 0 saturated carbocycles. The van der Waals surface area contributed by atoms with Crippen molar-refractivity contribution in [1.29, 1.82) is 0 Å². The molecule has 1 heterocycles. The van der Waals surface area contributed by atoms with Crippen molar-refractivity contribution in [2.75, 3.05) is 11.9 Å². The fraction of sp³-hybridized carbons (Fsp3) is 0.267. The lowest BCUT2D eigenvalue weighted by Gasteiger charge is -2.19. The minimum absolute atomic E-state index is 0.106. The van der Waals surface area contributed by atoms with Gasteiger partial charge in [0.15, 0.2) is 0 Å². The summed E-state index contributed by atoms with van der Waals surface area (Å²) in [6.07, 6.45) is 0.179. The monoisotopic (exact) mass is 287 g/mol. The third-order valence-electron chi connectivity index (χ3n) is 3.48. The van der Waals surface area contributed by atoms with Crippen LogP contribution in [0.1, 0.15) is 27.3 Å². The van der Waals surface area contributed by atoms with Gasteiger partial charge in [0.25, 0.3) is 0 Å². The van der Waals surface area contributed by atoms with Crippen molar-refractivity contribution in [2.24, 2.45) is 0 Å². The van der Waals surface area contributed by atoms with Gasteiger partial charge < -0.3 is 10.0 Å². The molecular formula is C15H17N3O3. The molecule has 0 aliphatic rings. The van der Waals surface area contributed by atoms with E-state index in [9.17, 15) is 14.7 Å². The summed E-state index contributed by atoms with van der Waals surface area (Å²) >= 11 is 0. The van der Waals surface area contributed by atoms with Gasteiger partial charge in [-0.05, 0) is 26.0 Å². The summed E-state index contributed by atoms with van der Waals surface area (Å²) < 4.78 is 0. The molecule has 0 saturated heterocycles. The van der Waals surface area contributed by atoms with E-state index < -0.39 is 5.97 Å². The van der Waals surface area contributed by atoms with Crippen LogP contribution in [0.4, 0.5) is 5.69 Å². The number of nitrogens with zero attached hydrogens (tertiary/aromatic N) is 2. The molecule has 1 aromatic heterocycles. The molecule has 0 radical (unpaired) electrons. The van der Waals surface area contributed by atoms with Gasteiger partial charge in [-0.3, -0.25) is 9.89 Å². The molecule has 0 aliphatic carbocycles. The van der Waals surface area contributed by atoms with E-state index in [0.29, 0.717) is 5.69 Å². The number of nitrogens with one attached hydrogen (secondary N) is 1. The number of aryl methyl sites for hydroxylation is 2. The van der Waals surface area contributed by atoms with Crippen molar-refractivity contribution in [2.45, 2.75) is 20.3 Å². The molecular weight excluding hydrogens is 270 g/mol. The van der Waals surface area contributed by atoms with Gasteiger partial charge in [-0.2, -0.15) is 5.10 Å². The molecule has 0 atom stereocenters. The van der Waals surface area contributed by atoms with Gasteiger partial charge >= 0.3 is 5.97 Å². The summed E-state index contributed by atoms with van der Waals surface area (Å²) in [5.74, 6) is -1.24. The lowest BCUT2D eigenvalue weighted by atomic mass is 10.1. The van der Waals surface area contributed by atoms with Crippen molar-refractivity contribution in [3.05, 3.63) is 46.8 Å². The van der Waals surface area contributed by atoms with Crippen molar-refractivity contribution >= 4 is 17.6 Å². The average molecular weight is 287 g/mol. The topological polar surface area (TPSA) is 86.3 Å². The number of rotatable bonds is 4. The largest absolute Gasteiger partial charge is 0.478 e. The van der Waals surface area contributed by atoms with Gasteiger partial charge in [-0.1, -0.05) is 12.1 Å². The number of carboxylic acids is 1. The normalized spacial score (nSPS) is 10.4. The molecule has 0 spiro atoms. The highest BCUT2D eigenvalue weighted by atomic mass is 16.4. The Morgan fingerprint density at radius 1 is 1.29 bits per heavy atom. The van der Waals surface area contributed by atoms with Crippen LogP contribution in [0, 0.1) is 13.8 Å². The molecule has 110 valence electrons. The Hall–Kier alpha value is -2.63. The minimum atomic E-state index is -1.05. The fourth-order valence-corrected chi connectivity index (χ4v) is 2.19. The first-order valence-corrected chi connectivity index (χ1v) is 6.51. The number of amides is 1. The molecule has 6 nitrogen and oxygen atoms in total. The van der Waals surface area contributed by atoms with Crippen LogP contribution in [0.5, 0.6) is 0 Å². The van der Waals surface area contributed by atoms with E-state index in [-0.39, 0.29) is 17.9 Å². The first-order chi connectivity index (χ1) is 9.91. The first kappa shape index (κ1) is 14.8. The summed E-state index contributed by atoms with van der Waals surface area (Å²) in [4.78, 5) is 25.0. The van der Waals surface area contributed by atoms with Crippen LogP contribution in [-0.4, -0.2) is 34.2 Å². The molecule has 0 aliphatic heterocycles. The third kappa shape index (κ3) is 2.94. The number of likely N-dealkylation sites (N-methyl/N-ethyl adjacent to an activating group) is 1. The molecule has 6 heteroatoms. The Balaban J connectivity index is 2.26. The zero-order valence-corrected chi connectivity index (χ0v) is 12.2. The number of carbonyl (C=O) groups excluding carboxylic acids is 1. The molecule has 2 aromatic rings. The summed E-state index contributed by atoms with van der Waals surface area (Å²) in [6.45, 7) is 3.69. The number of carbonyl (C=O) groups is 2. The number of H-pyrrole nitrogens is 1. The number of hydrogen-bond acceptors (Lipinski definition) is 3. The maximum atomic E-state index is 12.4. The van der Waals surface area contributed by atoms with E-state index >= 15 is 0 Å². The number of benzene rings is 1. The van der Waals surface area contributed by atoms with Gasteiger partial charge in [-0.15, -0.1) is 0 Å². The number of aromatic nitrogens is 2. The van der Waals surface area contributed by atoms with E-state index in [0.717, 1.165) is 17.0 Å². The molecule has 21 heavy (non-hydrogen) atoms. The number of hydrogen-bond donors (Lipinski definition) is 2. The first-order valence-electron chi connectivity index (χ1n) is 6.51. The van der Waals surface area contributed by atoms with E-state index in [1.165, 1.54) is 11.0 Å². The minimum Gasteiger partial charge on any atom is -0.478 e. The summed E-state index contributed by atoms with van der Waals surface area (Å²) in [6, 6.07) is 6.45. The van der Waals surface area contributed by atoms with Gasteiger partial charge in [-0.25, -0.2) is 4.79 Å². The maximum absolute atomic E-state index is 12.4. The molecule has 0 bridgehead atoms. The highest BCUT2D eigenvalue weighted by Crippen LogP contribution is 2.21. The molecule has 0 unspecified atom stereocenters. The van der Waals surface area contributed by atoms with Crippen LogP contribution in [0.3, 0.4) is 0 Å². The number of carboxylic acid groups (broad SMARTS) is 1. The van der Waals surface area contributed by atoms with E-state index in [4.69, 9.17) is 0 Å². The van der Waals surface area contributed by atoms with Gasteiger partial charge in [0.1, 0.15) is 0 Å². The average Bonchev–Trinajstić information content (AvgIpc) is 2.78. The predicted molar refractivity (Wildman–Crippen MR) is 78.6 cm³/mol. The van der Waals surface area contributed by atoms with E-state index in [2.05, 4.69) is 10.2 Å². The van der Waals surface area contributed by atoms with Crippen molar-refractivity contribution in [3.63, 3.8) is 0 Å². The standard InChI is InChI=1S/C15H17N3O3/c1-9-12(10(2)17-16-9)8-14(19)18(3)13-7-5-4-6-11(13)15(20)21/h4-7H,8H2,1-3H3,(H,16,17)(H,20,21). The molecule has 0 fully saturated rings. The second-order valence-corrected chi connectivity index (χ2v) is 4.86. The van der Waals surface area contributed by atoms with Crippen LogP contribution in [0.2, 0.25) is 0 Å². The lowest BCUT2D eigenvalue weighted by molar-refractivity contribution is -0.117. The quantitative estimate of drug-likeness (QED) is 0.899. The number of aromatic carboxylic acids is 1. The number of anilines is 1. The Kier molecular flexibility index (Phi) is 4.07. The van der Waals surface area contributed by atoms with Crippen molar-refractivity contribution < 1.29 is 14.7 Å². The van der Waals surface area contributed by atoms with Crippen molar-refractivity contribution in [1.82, 2.24) is 10.2 Å². The van der Waals surface area contributed by atoms with Crippen LogP contribution in [-0.2, 0) is 11.2 Å². The van der Waals surface area contributed by atoms with Crippen molar-refractivity contribution in [3.8, 4) is 0 Å². The second kappa shape index (κ2) is 5.78. The molecule has 2 N–H and O–H groups in total. The smallest absolute Gasteiger partial charge is 0.337 e. The van der Waals surface area contributed by atoms with Crippen LogP contribution < -0.4 is 4.90 Å². The molecule has 1 amide bonds. The molecule has 1 aromatic carbocycles. The lowest BCUT2D eigenvalue weighted by Crippen LogP contribution is -2.29. The van der Waals surface area contributed by atoms with Crippen LogP contribution >= 0.6 is 0 Å². The van der Waals surface area contributed by atoms with Crippen LogP contribution in [0.25, 0.3) is 0 Å². The van der Waals surface area contributed by atoms with Gasteiger partial charge in [0.05, 0.1) is 23.4 Å².